The second kappa shape index (κ2) is 5.92. The van der Waals surface area contributed by atoms with Crippen molar-refractivity contribution in [1.82, 2.24) is 0 Å². The van der Waals surface area contributed by atoms with E-state index in [-0.39, 0.29) is 0 Å². The predicted octanol–water partition coefficient (Wildman–Crippen LogP) is 4.42. The summed E-state index contributed by atoms with van der Waals surface area (Å²) in [5.74, 6) is 3.78. The third kappa shape index (κ3) is 4.21. The summed E-state index contributed by atoms with van der Waals surface area (Å²) in [4.78, 5) is 11.9. The predicted molar refractivity (Wildman–Crippen MR) is 83.6 cm³/mol. The van der Waals surface area contributed by atoms with E-state index >= 15 is 0 Å². The lowest BCUT2D eigenvalue weighted by Gasteiger charge is -2.12. The molecule has 0 heterocycles. The van der Waals surface area contributed by atoms with Crippen molar-refractivity contribution in [3.8, 4) is 11.5 Å². The maximum Gasteiger partial charge on any atom is 0.158 e. The molecule has 19 heavy (non-hydrogen) atoms. The average molecular weight is 272 g/mol. The minimum Gasteiger partial charge on any atom is -0.295 e. The molecule has 0 saturated heterocycles. The molecule has 0 aromatic carbocycles. The van der Waals surface area contributed by atoms with Crippen LogP contribution in [0.15, 0.2) is 22.8 Å². The molecule has 2 heteroatoms. The minimum atomic E-state index is -1.30. The number of Topliss-reactive ketones (excluding diaryl/α,β-unsaturated/α-hetero) is 1. The molecule has 2 aliphatic carbocycles. The van der Waals surface area contributed by atoms with Crippen LogP contribution >= 0.6 is 0 Å². The monoisotopic (exact) mass is 272 g/mol. The Bertz CT molecular complexity index is 492. The molecular weight excluding hydrogens is 248 g/mol. The number of allylic oxidation sites excluding steroid dienone is 4. The first-order valence-electron chi connectivity index (χ1n) is 7.45. The molecule has 0 bridgehead atoms. The zero-order valence-corrected chi connectivity index (χ0v) is 13.4. The van der Waals surface area contributed by atoms with Crippen LogP contribution in [0, 0.1) is 11.5 Å². The Kier molecular flexibility index (Phi) is 4.47. The zero-order chi connectivity index (χ0) is 13.9. The molecule has 0 unspecified atom stereocenters. The Labute approximate surface area is 118 Å². The Morgan fingerprint density at radius 2 is 1.74 bits per heavy atom. The fourth-order valence-corrected chi connectivity index (χ4v) is 3.12. The molecule has 0 spiro atoms. The van der Waals surface area contributed by atoms with Gasteiger partial charge in [-0.1, -0.05) is 31.6 Å². The van der Waals surface area contributed by atoms with E-state index in [0.717, 1.165) is 37.7 Å². The van der Waals surface area contributed by atoms with Gasteiger partial charge in [-0.3, -0.25) is 4.79 Å². The SMILES string of the molecule is C[Si](C)(C)C#CC1=C(/C=C2\CCCCC2=O)CCC1. The van der Waals surface area contributed by atoms with Gasteiger partial charge in [0.1, 0.15) is 8.07 Å². The van der Waals surface area contributed by atoms with Crippen molar-refractivity contribution in [2.75, 3.05) is 0 Å². The van der Waals surface area contributed by atoms with Crippen molar-refractivity contribution in [3.63, 3.8) is 0 Å². The van der Waals surface area contributed by atoms with Gasteiger partial charge in [0, 0.05) is 12.0 Å². The highest BCUT2D eigenvalue weighted by Gasteiger charge is 2.18. The van der Waals surface area contributed by atoms with Gasteiger partial charge in [0.05, 0.1) is 0 Å². The molecular formula is C17H24OSi. The van der Waals surface area contributed by atoms with Crippen molar-refractivity contribution in [1.29, 1.82) is 0 Å². The summed E-state index contributed by atoms with van der Waals surface area (Å²) in [6, 6.07) is 0. The minimum absolute atomic E-state index is 0.364. The summed E-state index contributed by atoms with van der Waals surface area (Å²) in [7, 11) is -1.30. The number of rotatable bonds is 1. The van der Waals surface area contributed by atoms with E-state index in [1.807, 2.05) is 0 Å². The molecule has 0 aromatic rings. The molecule has 0 atom stereocenters. The molecule has 0 radical (unpaired) electrons. The maximum absolute atomic E-state index is 11.9. The summed E-state index contributed by atoms with van der Waals surface area (Å²) in [6.45, 7) is 6.83. The van der Waals surface area contributed by atoms with E-state index in [1.165, 1.54) is 24.0 Å². The van der Waals surface area contributed by atoms with Crippen LogP contribution in [0.1, 0.15) is 44.9 Å². The van der Waals surface area contributed by atoms with E-state index in [2.05, 4.69) is 37.2 Å². The lowest BCUT2D eigenvalue weighted by molar-refractivity contribution is -0.116. The Balaban J connectivity index is 2.23. The lowest BCUT2D eigenvalue weighted by atomic mass is 9.91. The highest BCUT2D eigenvalue weighted by Crippen LogP contribution is 2.30. The summed E-state index contributed by atoms with van der Waals surface area (Å²) in [5.41, 5.74) is 7.15. The van der Waals surface area contributed by atoms with Crippen LogP contribution in [-0.4, -0.2) is 13.9 Å². The Morgan fingerprint density at radius 3 is 2.42 bits per heavy atom. The molecule has 0 N–H and O–H groups in total. The van der Waals surface area contributed by atoms with Crippen molar-refractivity contribution < 1.29 is 4.79 Å². The third-order valence-electron chi connectivity index (χ3n) is 3.66. The van der Waals surface area contributed by atoms with Gasteiger partial charge >= 0.3 is 0 Å². The van der Waals surface area contributed by atoms with Crippen LogP contribution in [0.25, 0.3) is 0 Å². The van der Waals surface area contributed by atoms with Crippen LogP contribution < -0.4 is 0 Å². The summed E-state index contributed by atoms with van der Waals surface area (Å²) < 4.78 is 0. The van der Waals surface area contributed by atoms with E-state index in [9.17, 15) is 4.79 Å². The van der Waals surface area contributed by atoms with Gasteiger partial charge in [-0.25, -0.2) is 0 Å². The van der Waals surface area contributed by atoms with Crippen LogP contribution in [0.3, 0.4) is 0 Å². The first-order valence-corrected chi connectivity index (χ1v) is 10.9. The first kappa shape index (κ1) is 14.3. The smallest absolute Gasteiger partial charge is 0.158 e. The molecule has 102 valence electrons. The van der Waals surface area contributed by atoms with Crippen molar-refractivity contribution in [3.05, 3.63) is 22.8 Å². The average Bonchev–Trinajstić information content (AvgIpc) is 2.76. The topological polar surface area (TPSA) is 17.1 Å². The molecule has 0 aliphatic heterocycles. The molecule has 1 saturated carbocycles. The van der Waals surface area contributed by atoms with Gasteiger partial charge in [0.25, 0.3) is 0 Å². The van der Waals surface area contributed by atoms with Crippen molar-refractivity contribution in [2.45, 2.75) is 64.6 Å². The maximum atomic E-state index is 11.9. The normalized spacial score (nSPS) is 22.7. The third-order valence-corrected chi connectivity index (χ3v) is 4.53. The molecule has 0 amide bonds. The standard InChI is InChI=1S/C17H24OSi/c1-19(2,3)12-11-14-8-6-9-15(14)13-16-7-4-5-10-17(16)18/h13H,4-10H2,1-3H3/b16-13+. The van der Waals surface area contributed by atoms with Gasteiger partial charge in [0.2, 0.25) is 0 Å². The van der Waals surface area contributed by atoms with Crippen LogP contribution in [0.5, 0.6) is 0 Å². The number of hydrogen-bond donors (Lipinski definition) is 0. The summed E-state index contributed by atoms with van der Waals surface area (Å²) in [5, 5.41) is 0. The van der Waals surface area contributed by atoms with Crippen molar-refractivity contribution in [2.24, 2.45) is 0 Å². The summed E-state index contributed by atoms with van der Waals surface area (Å²) in [6.07, 6.45) is 9.52. The van der Waals surface area contributed by atoms with E-state index in [0.29, 0.717) is 5.78 Å². The van der Waals surface area contributed by atoms with Gasteiger partial charge < -0.3 is 0 Å². The largest absolute Gasteiger partial charge is 0.295 e. The zero-order valence-electron chi connectivity index (χ0n) is 12.4. The van der Waals surface area contributed by atoms with Gasteiger partial charge in [-0.2, -0.15) is 0 Å². The fourth-order valence-electron chi connectivity index (χ4n) is 2.60. The second-order valence-corrected chi connectivity index (χ2v) is 11.4. The van der Waals surface area contributed by atoms with Crippen LogP contribution in [-0.2, 0) is 4.79 Å². The molecule has 2 rings (SSSR count). The van der Waals surface area contributed by atoms with Gasteiger partial charge in [-0.05, 0) is 49.7 Å². The van der Waals surface area contributed by atoms with Gasteiger partial charge in [0.15, 0.2) is 5.78 Å². The van der Waals surface area contributed by atoms with Crippen molar-refractivity contribution >= 4 is 13.9 Å². The lowest BCUT2D eigenvalue weighted by Crippen LogP contribution is -2.16. The van der Waals surface area contributed by atoms with E-state index in [1.54, 1.807) is 0 Å². The second-order valence-electron chi connectivity index (χ2n) is 6.66. The molecule has 0 aromatic heterocycles. The first-order chi connectivity index (χ1) is 8.96. The van der Waals surface area contributed by atoms with E-state index in [4.69, 9.17) is 0 Å². The number of carbonyl (C=O) groups excluding carboxylic acids is 1. The summed E-state index contributed by atoms with van der Waals surface area (Å²) >= 11 is 0. The number of hydrogen-bond acceptors (Lipinski definition) is 1. The highest BCUT2D eigenvalue weighted by atomic mass is 28.3. The van der Waals surface area contributed by atoms with Gasteiger partial charge in [-0.15, -0.1) is 5.54 Å². The fraction of sp³-hybridized carbons (Fsp3) is 0.588. The number of ketones is 1. The van der Waals surface area contributed by atoms with Crippen LogP contribution in [0.2, 0.25) is 19.6 Å². The Morgan fingerprint density at radius 1 is 1.00 bits per heavy atom. The molecule has 1 nitrogen and oxygen atoms in total. The Hall–Kier alpha value is -1.07. The molecule has 1 fully saturated rings. The van der Waals surface area contributed by atoms with E-state index < -0.39 is 8.07 Å². The quantitative estimate of drug-likeness (QED) is 0.392. The highest BCUT2D eigenvalue weighted by molar-refractivity contribution is 6.83. The number of carbonyl (C=O) groups is 1. The molecule has 2 aliphatic rings. The van der Waals surface area contributed by atoms with Crippen LogP contribution in [0.4, 0.5) is 0 Å².